The number of nitrogens with two attached hydrogens (primary N) is 1. The summed E-state index contributed by atoms with van der Waals surface area (Å²) < 4.78 is 7.31. The number of carbonyl (C=O) groups excluding carboxylic acids is 1. The number of benzene rings is 1. The second-order valence-corrected chi connectivity index (χ2v) is 6.88. The molecule has 2 heterocycles. The molecule has 0 atom stereocenters. The lowest BCUT2D eigenvalue weighted by molar-refractivity contribution is -0.118. The third-order valence-corrected chi connectivity index (χ3v) is 4.73. The molecular weight excluding hydrogens is 336 g/mol. The van der Waals surface area contributed by atoms with Gasteiger partial charge in [0.1, 0.15) is 0 Å². The van der Waals surface area contributed by atoms with Crippen LogP contribution in [-0.4, -0.2) is 20.7 Å². The number of carbonyl (C=O) groups is 1. The zero-order valence-corrected chi connectivity index (χ0v) is 15.0. The van der Waals surface area contributed by atoms with Crippen molar-refractivity contribution in [3.63, 3.8) is 0 Å². The first-order valence-corrected chi connectivity index (χ1v) is 8.97. The minimum Gasteiger partial charge on any atom is -0.461 e. The van der Waals surface area contributed by atoms with Crippen LogP contribution in [0.2, 0.25) is 0 Å². The summed E-state index contributed by atoms with van der Waals surface area (Å²) in [4.78, 5) is 11.2. The van der Waals surface area contributed by atoms with Gasteiger partial charge < -0.3 is 10.2 Å². The summed E-state index contributed by atoms with van der Waals surface area (Å²) in [5.41, 5.74) is 9.01. The highest BCUT2D eigenvalue weighted by Gasteiger charge is 2.17. The van der Waals surface area contributed by atoms with E-state index in [0.717, 1.165) is 10.9 Å². The molecule has 7 heteroatoms. The Bertz CT molecular complexity index is 851. The predicted molar refractivity (Wildman–Crippen MR) is 97.0 cm³/mol. The first-order valence-electron chi connectivity index (χ1n) is 7.98. The Labute approximate surface area is 150 Å². The predicted octanol–water partition coefficient (Wildman–Crippen LogP) is 3.32. The van der Waals surface area contributed by atoms with Gasteiger partial charge in [-0.15, -0.1) is 10.2 Å². The van der Waals surface area contributed by atoms with Crippen molar-refractivity contribution in [2.45, 2.75) is 37.7 Å². The van der Waals surface area contributed by atoms with Crippen LogP contribution in [0.3, 0.4) is 0 Å². The highest BCUT2D eigenvalue weighted by atomic mass is 32.2. The molecule has 0 aliphatic carbocycles. The van der Waals surface area contributed by atoms with Crippen molar-refractivity contribution in [1.82, 2.24) is 14.8 Å². The van der Waals surface area contributed by atoms with Crippen LogP contribution < -0.4 is 5.73 Å². The monoisotopic (exact) mass is 356 g/mol. The molecule has 2 aromatic heterocycles. The lowest BCUT2D eigenvalue weighted by Crippen LogP contribution is -2.15. The van der Waals surface area contributed by atoms with E-state index < -0.39 is 0 Å². The maximum atomic E-state index is 11.2. The molecule has 0 bridgehead atoms. The van der Waals surface area contributed by atoms with Gasteiger partial charge in [-0.3, -0.25) is 9.36 Å². The van der Waals surface area contributed by atoms with Gasteiger partial charge in [0.2, 0.25) is 5.91 Å². The second kappa shape index (κ2) is 7.57. The van der Waals surface area contributed by atoms with Crippen molar-refractivity contribution in [1.29, 1.82) is 0 Å². The molecule has 0 unspecified atom stereocenters. The van der Waals surface area contributed by atoms with Gasteiger partial charge >= 0.3 is 0 Å². The topological polar surface area (TPSA) is 86.9 Å². The van der Waals surface area contributed by atoms with Crippen molar-refractivity contribution in [2.75, 3.05) is 0 Å². The van der Waals surface area contributed by atoms with Crippen LogP contribution in [0, 0.1) is 13.8 Å². The molecule has 0 saturated heterocycles. The minimum atomic E-state index is -0.357. The average molecular weight is 356 g/mol. The van der Waals surface area contributed by atoms with Crippen molar-refractivity contribution in [3.05, 3.63) is 53.3 Å². The SMILES string of the molecule is Cc1cc(C)cc(CSc2nnc(-c3ccco3)n2CCC(N)=O)c1. The first kappa shape index (κ1) is 17.3. The lowest BCUT2D eigenvalue weighted by atomic mass is 10.1. The average Bonchev–Trinajstić information content (AvgIpc) is 3.19. The third-order valence-electron chi connectivity index (χ3n) is 3.69. The number of hydrogen-bond acceptors (Lipinski definition) is 5. The minimum absolute atomic E-state index is 0.225. The Kier molecular flexibility index (Phi) is 5.23. The largest absolute Gasteiger partial charge is 0.461 e. The fraction of sp³-hybridized carbons (Fsp3) is 0.278. The van der Waals surface area contributed by atoms with Crippen LogP contribution in [-0.2, 0) is 17.1 Å². The van der Waals surface area contributed by atoms with E-state index in [1.54, 1.807) is 24.1 Å². The number of amides is 1. The zero-order valence-electron chi connectivity index (χ0n) is 14.2. The van der Waals surface area contributed by atoms with Gasteiger partial charge in [0, 0.05) is 18.7 Å². The van der Waals surface area contributed by atoms with Crippen LogP contribution in [0.15, 0.2) is 46.2 Å². The zero-order chi connectivity index (χ0) is 17.8. The number of hydrogen-bond donors (Lipinski definition) is 1. The summed E-state index contributed by atoms with van der Waals surface area (Å²) in [5, 5.41) is 9.25. The van der Waals surface area contributed by atoms with Gasteiger partial charge in [-0.25, -0.2) is 0 Å². The Hall–Kier alpha value is -2.54. The molecule has 2 N–H and O–H groups in total. The number of thioether (sulfide) groups is 1. The maximum absolute atomic E-state index is 11.2. The van der Waals surface area contributed by atoms with Gasteiger partial charge in [0.15, 0.2) is 16.7 Å². The van der Waals surface area contributed by atoms with Crippen molar-refractivity contribution >= 4 is 17.7 Å². The Morgan fingerprint density at radius 1 is 1.24 bits per heavy atom. The van der Waals surface area contributed by atoms with E-state index in [1.807, 2.05) is 10.6 Å². The van der Waals surface area contributed by atoms with E-state index in [2.05, 4.69) is 42.2 Å². The fourth-order valence-electron chi connectivity index (χ4n) is 2.71. The van der Waals surface area contributed by atoms with Gasteiger partial charge in [0.25, 0.3) is 0 Å². The number of furan rings is 1. The molecule has 6 nitrogen and oxygen atoms in total. The number of rotatable bonds is 7. The molecule has 1 aromatic carbocycles. The quantitative estimate of drug-likeness (QED) is 0.656. The van der Waals surface area contributed by atoms with Gasteiger partial charge in [-0.1, -0.05) is 41.1 Å². The molecule has 0 radical (unpaired) electrons. The fourth-order valence-corrected chi connectivity index (χ4v) is 3.60. The summed E-state index contributed by atoms with van der Waals surface area (Å²) in [6, 6.07) is 10.1. The summed E-state index contributed by atoms with van der Waals surface area (Å²) in [6.45, 7) is 4.60. The van der Waals surface area contributed by atoms with Crippen LogP contribution in [0.5, 0.6) is 0 Å². The maximum Gasteiger partial charge on any atom is 0.219 e. The van der Waals surface area contributed by atoms with E-state index in [-0.39, 0.29) is 12.3 Å². The molecule has 0 spiro atoms. The smallest absolute Gasteiger partial charge is 0.219 e. The van der Waals surface area contributed by atoms with Crippen molar-refractivity contribution in [3.8, 4) is 11.6 Å². The molecule has 0 aliphatic rings. The summed E-state index contributed by atoms with van der Waals surface area (Å²) in [6.07, 6.45) is 1.81. The molecule has 3 aromatic rings. The third kappa shape index (κ3) is 4.30. The highest BCUT2D eigenvalue weighted by Crippen LogP contribution is 2.27. The normalized spacial score (nSPS) is 11.0. The molecule has 0 fully saturated rings. The lowest BCUT2D eigenvalue weighted by Gasteiger charge is -2.08. The Morgan fingerprint density at radius 3 is 2.64 bits per heavy atom. The molecule has 130 valence electrons. The van der Waals surface area contributed by atoms with Gasteiger partial charge in [0.05, 0.1) is 6.26 Å². The van der Waals surface area contributed by atoms with E-state index in [4.69, 9.17) is 10.2 Å². The highest BCUT2D eigenvalue weighted by molar-refractivity contribution is 7.98. The van der Waals surface area contributed by atoms with Crippen LogP contribution in [0.25, 0.3) is 11.6 Å². The van der Waals surface area contributed by atoms with Crippen LogP contribution in [0.1, 0.15) is 23.1 Å². The van der Waals surface area contributed by atoms with Gasteiger partial charge in [-0.2, -0.15) is 0 Å². The van der Waals surface area contributed by atoms with E-state index in [9.17, 15) is 4.79 Å². The molecule has 3 rings (SSSR count). The molecule has 1 amide bonds. The standard InChI is InChI=1S/C18H20N4O2S/c1-12-8-13(2)10-14(9-12)11-25-18-21-20-17(15-4-3-7-24-15)22(18)6-5-16(19)23/h3-4,7-10H,5-6,11H2,1-2H3,(H2,19,23). The first-order chi connectivity index (χ1) is 12.0. The Morgan fingerprint density at radius 2 is 2.00 bits per heavy atom. The summed E-state index contributed by atoms with van der Waals surface area (Å²) >= 11 is 1.58. The van der Waals surface area contributed by atoms with E-state index >= 15 is 0 Å². The second-order valence-electron chi connectivity index (χ2n) is 5.94. The van der Waals surface area contributed by atoms with Gasteiger partial charge in [-0.05, 0) is 31.5 Å². The van der Waals surface area contributed by atoms with Crippen molar-refractivity contribution in [2.24, 2.45) is 5.73 Å². The van der Waals surface area contributed by atoms with Crippen LogP contribution in [0.4, 0.5) is 0 Å². The molecule has 25 heavy (non-hydrogen) atoms. The number of nitrogens with zero attached hydrogens (tertiary/aromatic N) is 3. The van der Waals surface area contributed by atoms with Crippen molar-refractivity contribution < 1.29 is 9.21 Å². The molecular formula is C18H20N4O2S. The number of aryl methyl sites for hydroxylation is 2. The van der Waals surface area contributed by atoms with E-state index in [0.29, 0.717) is 18.1 Å². The van der Waals surface area contributed by atoms with Crippen LogP contribution >= 0.6 is 11.8 Å². The Balaban J connectivity index is 1.83. The summed E-state index contributed by atoms with van der Waals surface area (Å²) in [7, 11) is 0. The molecule has 0 saturated carbocycles. The summed E-state index contributed by atoms with van der Waals surface area (Å²) in [5.74, 6) is 1.64. The van der Waals surface area contributed by atoms with E-state index in [1.165, 1.54) is 16.7 Å². The molecule has 0 aliphatic heterocycles. The number of primary amides is 1. The number of aromatic nitrogens is 3.